The lowest BCUT2D eigenvalue weighted by Crippen LogP contribution is -2.08. The Kier molecular flexibility index (Phi) is 1.92. The van der Waals surface area contributed by atoms with Gasteiger partial charge in [0.1, 0.15) is 0 Å². The van der Waals surface area contributed by atoms with Crippen LogP contribution in [0, 0.1) is 0 Å². The van der Waals surface area contributed by atoms with Crippen LogP contribution >= 0.6 is 11.3 Å². The second kappa shape index (κ2) is 2.96. The Morgan fingerprint density at radius 3 is 2.85 bits per heavy atom. The number of hydrogen-bond acceptors (Lipinski definition) is 4. The number of ketones is 1. The van der Waals surface area contributed by atoms with Crippen LogP contribution in [0.1, 0.15) is 38.4 Å². The summed E-state index contributed by atoms with van der Waals surface area (Å²) >= 11 is 1.25. The molecular weight excluding hydrogens is 186 g/mol. The van der Waals surface area contributed by atoms with Gasteiger partial charge >= 0.3 is 0 Å². The largest absolute Gasteiger partial charge is 0.390 e. The lowest BCUT2D eigenvalue weighted by atomic mass is 9.95. The van der Waals surface area contributed by atoms with Gasteiger partial charge in [0, 0.05) is 6.42 Å². The average Bonchev–Trinajstić information content (AvgIpc) is 2.43. The van der Waals surface area contributed by atoms with Gasteiger partial charge in [0.15, 0.2) is 12.1 Å². The molecule has 0 radical (unpaired) electrons. The van der Waals surface area contributed by atoms with E-state index in [9.17, 15) is 9.59 Å². The number of aldehydes is 1. The monoisotopic (exact) mass is 195 g/mol. The number of thiophene rings is 1. The normalized spacial score (nSPS) is 15.5. The highest BCUT2D eigenvalue weighted by Crippen LogP contribution is 2.34. The van der Waals surface area contributed by atoms with Gasteiger partial charge in [-0.1, -0.05) is 0 Å². The van der Waals surface area contributed by atoms with Gasteiger partial charge in [-0.25, -0.2) is 0 Å². The molecule has 1 aliphatic rings. The summed E-state index contributed by atoms with van der Waals surface area (Å²) in [5.74, 6) is 0.131. The number of Topliss-reactive ketones (excluding diaryl/α,β-unsaturated/α-hetero) is 1. The second-order valence-corrected chi connectivity index (χ2v) is 4.13. The molecular formula is C9H9NO2S. The first-order chi connectivity index (χ1) is 6.24. The van der Waals surface area contributed by atoms with Crippen molar-refractivity contribution in [2.75, 3.05) is 5.73 Å². The fraction of sp³-hybridized carbons (Fsp3) is 0.333. The van der Waals surface area contributed by atoms with Crippen LogP contribution < -0.4 is 5.73 Å². The van der Waals surface area contributed by atoms with E-state index in [1.165, 1.54) is 11.3 Å². The molecule has 1 heterocycles. The van der Waals surface area contributed by atoms with Gasteiger partial charge in [-0.15, -0.1) is 11.3 Å². The maximum absolute atomic E-state index is 11.4. The van der Waals surface area contributed by atoms with E-state index >= 15 is 0 Å². The predicted octanol–water partition coefficient (Wildman–Crippen LogP) is 1.66. The number of anilines is 1. The summed E-state index contributed by atoms with van der Waals surface area (Å²) in [6.45, 7) is 0. The zero-order valence-corrected chi connectivity index (χ0v) is 7.82. The molecule has 4 heteroatoms. The summed E-state index contributed by atoms with van der Waals surface area (Å²) in [6.07, 6.45) is 2.99. The minimum atomic E-state index is 0.131. The summed E-state index contributed by atoms with van der Waals surface area (Å²) in [7, 11) is 0. The van der Waals surface area contributed by atoms with Gasteiger partial charge in [0.25, 0.3) is 0 Å². The summed E-state index contributed by atoms with van der Waals surface area (Å²) in [6, 6.07) is 0. The molecule has 0 saturated carbocycles. The van der Waals surface area contributed by atoms with Crippen molar-refractivity contribution in [3.63, 3.8) is 0 Å². The van der Waals surface area contributed by atoms with Gasteiger partial charge in [-0.05, 0) is 18.4 Å². The Morgan fingerprint density at radius 1 is 1.38 bits per heavy atom. The van der Waals surface area contributed by atoms with E-state index in [1.54, 1.807) is 0 Å². The molecule has 0 fully saturated rings. The quantitative estimate of drug-likeness (QED) is 0.693. The molecule has 1 aromatic heterocycles. The zero-order valence-electron chi connectivity index (χ0n) is 7.00. The topological polar surface area (TPSA) is 60.2 Å². The van der Waals surface area contributed by atoms with Gasteiger partial charge in [0.2, 0.25) is 0 Å². The molecule has 0 unspecified atom stereocenters. The molecule has 2 rings (SSSR count). The minimum Gasteiger partial charge on any atom is -0.390 e. The highest BCUT2D eigenvalue weighted by molar-refractivity contribution is 7.18. The lowest BCUT2D eigenvalue weighted by Gasteiger charge is -2.09. The van der Waals surface area contributed by atoms with E-state index in [1.807, 2.05) is 0 Å². The van der Waals surface area contributed by atoms with Crippen LogP contribution in [0.4, 0.5) is 5.00 Å². The van der Waals surface area contributed by atoms with Crippen molar-refractivity contribution in [2.45, 2.75) is 19.3 Å². The molecule has 0 saturated heterocycles. The van der Waals surface area contributed by atoms with Crippen LogP contribution in [0.3, 0.4) is 0 Å². The molecule has 13 heavy (non-hydrogen) atoms. The Balaban J connectivity index is 2.62. The van der Waals surface area contributed by atoms with Gasteiger partial charge in [-0.2, -0.15) is 0 Å². The van der Waals surface area contributed by atoms with E-state index in [0.29, 0.717) is 21.9 Å². The Labute approximate surface area is 79.6 Å². The fourth-order valence-corrected chi connectivity index (χ4v) is 2.69. The number of rotatable bonds is 1. The third-order valence-electron chi connectivity index (χ3n) is 2.28. The van der Waals surface area contributed by atoms with Crippen molar-refractivity contribution in [1.82, 2.24) is 0 Å². The SMILES string of the molecule is Nc1sc2c(c1C=O)CCCC2=O. The first-order valence-corrected chi connectivity index (χ1v) is 4.95. The fourth-order valence-electron chi connectivity index (χ4n) is 1.64. The van der Waals surface area contributed by atoms with Crippen molar-refractivity contribution >= 4 is 28.4 Å². The zero-order chi connectivity index (χ0) is 9.42. The molecule has 0 atom stereocenters. The predicted molar refractivity (Wildman–Crippen MR) is 51.4 cm³/mol. The third kappa shape index (κ3) is 1.18. The number of nitrogens with two attached hydrogens (primary N) is 1. The average molecular weight is 195 g/mol. The minimum absolute atomic E-state index is 0.131. The smallest absolute Gasteiger partial charge is 0.173 e. The van der Waals surface area contributed by atoms with Crippen molar-refractivity contribution in [2.24, 2.45) is 0 Å². The first-order valence-electron chi connectivity index (χ1n) is 4.13. The number of carbonyl (C=O) groups is 2. The third-order valence-corrected chi connectivity index (χ3v) is 3.40. The molecule has 1 aromatic rings. The Hall–Kier alpha value is -1.16. The molecule has 0 spiro atoms. The summed E-state index contributed by atoms with van der Waals surface area (Å²) in [5, 5.41) is 0.482. The van der Waals surface area contributed by atoms with Crippen LogP contribution in [-0.2, 0) is 6.42 Å². The highest BCUT2D eigenvalue weighted by Gasteiger charge is 2.24. The van der Waals surface area contributed by atoms with E-state index in [4.69, 9.17) is 5.73 Å². The van der Waals surface area contributed by atoms with E-state index in [2.05, 4.69) is 0 Å². The van der Waals surface area contributed by atoms with E-state index in [0.717, 1.165) is 24.7 Å². The first kappa shape index (κ1) is 8.44. The standard InChI is InChI=1S/C9H9NO2S/c10-9-6(4-11)5-2-1-3-7(12)8(5)13-9/h4H,1-3,10H2. The van der Waals surface area contributed by atoms with E-state index < -0.39 is 0 Å². The lowest BCUT2D eigenvalue weighted by molar-refractivity contribution is 0.0977. The van der Waals surface area contributed by atoms with Crippen molar-refractivity contribution < 1.29 is 9.59 Å². The van der Waals surface area contributed by atoms with Crippen molar-refractivity contribution in [1.29, 1.82) is 0 Å². The van der Waals surface area contributed by atoms with Crippen molar-refractivity contribution in [3.05, 3.63) is 16.0 Å². The van der Waals surface area contributed by atoms with Crippen LogP contribution in [0.2, 0.25) is 0 Å². The molecule has 68 valence electrons. The highest BCUT2D eigenvalue weighted by atomic mass is 32.1. The molecule has 3 nitrogen and oxygen atoms in total. The maximum atomic E-state index is 11.4. The number of fused-ring (bicyclic) bond motifs is 1. The number of nitrogen functional groups attached to an aromatic ring is 1. The van der Waals surface area contributed by atoms with Crippen molar-refractivity contribution in [3.8, 4) is 0 Å². The molecule has 0 bridgehead atoms. The molecule has 2 N–H and O–H groups in total. The van der Waals surface area contributed by atoms with Crippen LogP contribution in [0.15, 0.2) is 0 Å². The van der Waals surface area contributed by atoms with Gasteiger partial charge < -0.3 is 5.73 Å². The number of carbonyl (C=O) groups excluding carboxylic acids is 2. The van der Waals surface area contributed by atoms with Gasteiger partial charge in [-0.3, -0.25) is 9.59 Å². The molecule has 1 aliphatic carbocycles. The molecule has 0 amide bonds. The maximum Gasteiger partial charge on any atom is 0.173 e. The Morgan fingerprint density at radius 2 is 2.15 bits per heavy atom. The Bertz CT molecular complexity index is 381. The summed E-state index contributed by atoms with van der Waals surface area (Å²) in [5.41, 5.74) is 7.03. The summed E-state index contributed by atoms with van der Waals surface area (Å²) in [4.78, 5) is 22.8. The summed E-state index contributed by atoms with van der Waals surface area (Å²) < 4.78 is 0. The second-order valence-electron chi connectivity index (χ2n) is 3.08. The molecule has 0 aromatic carbocycles. The number of hydrogen-bond donors (Lipinski definition) is 1. The van der Waals surface area contributed by atoms with Crippen LogP contribution in [-0.4, -0.2) is 12.1 Å². The van der Waals surface area contributed by atoms with E-state index in [-0.39, 0.29) is 5.78 Å². The van der Waals surface area contributed by atoms with Gasteiger partial charge in [0.05, 0.1) is 15.4 Å². The van der Waals surface area contributed by atoms with Crippen LogP contribution in [0.25, 0.3) is 0 Å². The molecule has 0 aliphatic heterocycles. The van der Waals surface area contributed by atoms with Crippen LogP contribution in [0.5, 0.6) is 0 Å².